The lowest BCUT2D eigenvalue weighted by Crippen LogP contribution is -2.29. The van der Waals surface area contributed by atoms with E-state index < -0.39 is 11.6 Å². The number of hydrogen-bond donors (Lipinski definition) is 1. The fourth-order valence-corrected chi connectivity index (χ4v) is 2.34. The van der Waals surface area contributed by atoms with Crippen molar-refractivity contribution >= 4 is 5.91 Å². The number of nitrogens with zero attached hydrogens (tertiary/aromatic N) is 3. The predicted octanol–water partition coefficient (Wildman–Crippen LogP) is 2.78. The molecule has 0 bridgehead atoms. The molecular weight excluding hydrogens is 302 g/mol. The van der Waals surface area contributed by atoms with Crippen LogP contribution in [0.5, 0.6) is 0 Å². The third kappa shape index (κ3) is 4.58. The fourth-order valence-electron chi connectivity index (χ4n) is 2.34. The smallest absolute Gasteiger partial charge is 0.220 e. The van der Waals surface area contributed by atoms with E-state index in [9.17, 15) is 13.6 Å². The Bertz CT molecular complexity index is 672. The van der Waals surface area contributed by atoms with Gasteiger partial charge >= 0.3 is 0 Å². The van der Waals surface area contributed by atoms with Gasteiger partial charge in [0.05, 0.1) is 6.04 Å². The summed E-state index contributed by atoms with van der Waals surface area (Å²) in [4.78, 5) is 16.2. The summed E-state index contributed by atoms with van der Waals surface area (Å²) < 4.78 is 28.1. The first-order valence-electron chi connectivity index (χ1n) is 7.62. The second-order valence-electron chi connectivity index (χ2n) is 5.37. The van der Waals surface area contributed by atoms with Crippen LogP contribution in [0.1, 0.15) is 44.1 Å². The van der Waals surface area contributed by atoms with Crippen molar-refractivity contribution in [1.82, 2.24) is 20.1 Å². The highest BCUT2D eigenvalue weighted by molar-refractivity contribution is 5.76. The van der Waals surface area contributed by atoms with E-state index >= 15 is 0 Å². The predicted molar refractivity (Wildman–Crippen MR) is 81.5 cm³/mol. The minimum atomic E-state index is -0.631. The molecule has 1 N–H and O–H groups in total. The second-order valence-corrected chi connectivity index (χ2v) is 5.37. The van der Waals surface area contributed by atoms with Crippen LogP contribution in [0.2, 0.25) is 0 Å². The molecule has 2 aromatic rings. The summed E-state index contributed by atoms with van der Waals surface area (Å²) in [7, 11) is 0. The Hall–Kier alpha value is -2.31. The quantitative estimate of drug-likeness (QED) is 0.853. The topological polar surface area (TPSA) is 59.8 Å². The normalized spacial score (nSPS) is 12.2. The molecule has 1 aromatic carbocycles. The number of amides is 1. The number of aryl methyl sites for hydroxylation is 2. The number of benzene rings is 1. The van der Waals surface area contributed by atoms with Crippen molar-refractivity contribution in [2.24, 2.45) is 0 Å². The van der Waals surface area contributed by atoms with Gasteiger partial charge in [-0.15, -0.1) is 0 Å². The largest absolute Gasteiger partial charge is 0.346 e. The van der Waals surface area contributed by atoms with Crippen LogP contribution in [0.3, 0.4) is 0 Å². The van der Waals surface area contributed by atoms with Crippen LogP contribution < -0.4 is 5.32 Å². The third-order valence-electron chi connectivity index (χ3n) is 3.48. The molecule has 0 spiro atoms. The molecule has 1 amide bonds. The van der Waals surface area contributed by atoms with E-state index in [4.69, 9.17) is 0 Å². The molecule has 0 aliphatic heterocycles. The molecular formula is C16H20F2N4O. The maximum Gasteiger partial charge on any atom is 0.220 e. The number of halogens is 2. The molecule has 1 atom stereocenters. The minimum Gasteiger partial charge on any atom is -0.346 e. The Balaban J connectivity index is 1.90. The van der Waals surface area contributed by atoms with Crippen LogP contribution in [-0.4, -0.2) is 20.7 Å². The van der Waals surface area contributed by atoms with Crippen LogP contribution in [0, 0.1) is 11.6 Å². The van der Waals surface area contributed by atoms with Crippen molar-refractivity contribution < 1.29 is 13.6 Å². The molecule has 7 heteroatoms. The molecule has 0 aliphatic carbocycles. The van der Waals surface area contributed by atoms with Gasteiger partial charge < -0.3 is 5.32 Å². The Morgan fingerprint density at radius 1 is 1.39 bits per heavy atom. The van der Waals surface area contributed by atoms with Gasteiger partial charge in [0.1, 0.15) is 23.8 Å². The van der Waals surface area contributed by atoms with E-state index in [1.54, 1.807) is 4.68 Å². The Kier molecular flexibility index (Phi) is 5.78. The Morgan fingerprint density at radius 3 is 2.87 bits per heavy atom. The van der Waals surface area contributed by atoms with Crippen molar-refractivity contribution in [2.75, 3.05) is 0 Å². The summed E-state index contributed by atoms with van der Waals surface area (Å²) in [5.41, 5.74) is 0.323. The average Bonchev–Trinajstić information content (AvgIpc) is 2.95. The van der Waals surface area contributed by atoms with E-state index in [1.165, 1.54) is 18.5 Å². The lowest BCUT2D eigenvalue weighted by Gasteiger charge is -2.14. The van der Waals surface area contributed by atoms with Gasteiger partial charge in [-0.3, -0.25) is 4.79 Å². The number of aromatic nitrogens is 3. The summed E-state index contributed by atoms with van der Waals surface area (Å²) in [5, 5.41) is 6.94. The van der Waals surface area contributed by atoms with Crippen molar-refractivity contribution in [3.63, 3.8) is 0 Å². The molecule has 0 aliphatic rings. The average molecular weight is 322 g/mol. The van der Waals surface area contributed by atoms with E-state index in [1.807, 2.05) is 13.8 Å². The molecule has 2 rings (SSSR count). The van der Waals surface area contributed by atoms with Gasteiger partial charge in [0.15, 0.2) is 0 Å². The highest BCUT2D eigenvalue weighted by Crippen LogP contribution is 2.13. The number of carbonyl (C=O) groups excluding carboxylic acids is 1. The molecule has 0 saturated carbocycles. The summed E-state index contributed by atoms with van der Waals surface area (Å²) in [6.45, 7) is 4.59. The molecule has 1 unspecified atom stereocenters. The maximum absolute atomic E-state index is 13.5. The second kappa shape index (κ2) is 7.80. The van der Waals surface area contributed by atoms with Crippen LogP contribution in [0.25, 0.3) is 0 Å². The summed E-state index contributed by atoms with van der Waals surface area (Å²) >= 11 is 0. The molecule has 0 radical (unpaired) electrons. The van der Waals surface area contributed by atoms with Crippen molar-refractivity contribution in [2.45, 2.75) is 45.7 Å². The van der Waals surface area contributed by atoms with E-state index in [0.29, 0.717) is 11.4 Å². The molecule has 0 saturated heterocycles. The van der Waals surface area contributed by atoms with Crippen LogP contribution in [-0.2, 0) is 17.8 Å². The summed E-state index contributed by atoms with van der Waals surface area (Å²) in [6.07, 6.45) is 2.71. The lowest BCUT2D eigenvalue weighted by molar-refractivity contribution is -0.121. The number of nitrogens with one attached hydrogen (secondary N) is 1. The van der Waals surface area contributed by atoms with Gasteiger partial charge in [-0.25, -0.2) is 18.4 Å². The number of carbonyl (C=O) groups is 1. The SMILES string of the molecule is CCCn1ncnc1C(C)NC(=O)CCc1ccc(F)cc1F. The first kappa shape index (κ1) is 17.1. The zero-order valence-corrected chi connectivity index (χ0v) is 13.2. The van der Waals surface area contributed by atoms with Crippen molar-refractivity contribution in [3.05, 3.63) is 47.5 Å². The first-order chi connectivity index (χ1) is 11.0. The van der Waals surface area contributed by atoms with Gasteiger partial charge in [-0.1, -0.05) is 13.0 Å². The maximum atomic E-state index is 13.5. The Morgan fingerprint density at radius 2 is 2.17 bits per heavy atom. The zero-order chi connectivity index (χ0) is 16.8. The van der Waals surface area contributed by atoms with E-state index in [0.717, 1.165) is 19.0 Å². The molecule has 23 heavy (non-hydrogen) atoms. The van der Waals surface area contributed by atoms with Crippen molar-refractivity contribution in [3.8, 4) is 0 Å². The van der Waals surface area contributed by atoms with Crippen LogP contribution in [0.4, 0.5) is 8.78 Å². The highest BCUT2D eigenvalue weighted by atomic mass is 19.1. The molecule has 124 valence electrons. The minimum absolute atomic E-state index is 0.120. The van der Waals surface area contributed by atoms with Gasteiger partial charge in [0.25, 0.3) is 0 Å². The Labute approximate surface area is 133 Å². The lowest BCUT2D eigenvalue weighted by atomic mass is 10.1. The number of hydrogen-bond acceptors (Lipinski definition) is 3. The van der Waals surface area contributed by atoms with Crippen LogP contribution in [0.15, 0.2) is 24.5 Å². The van der Waals surface area contributed by atoms with Gasteiger partial charge in [0.2, 0.25) is 5.91 Å². The summed E-state index contributed by atoms with van der Waals surface area (Å²) in [6, 6.07) is 3.09. The van der Waals surface area contributed by atoms with Crippen molar-refractivity contribution in [1.29, 1.82) is 0 Å². The monoisotopic (exact) mass is 322 g/mol. The van der Waals surface area contributed by atoms with E-state index in [-0.39, 0.29) is 24.8 Å². The number of rotatable bonds is 7. The summed E-state index contributed by atoms with van der Waals surface area (Å²) in [5.74, 6) is -0.784. The van der Waals surface area contributed by atoms with Crippen LogP contribution >= 0.6 is 0 Å². The van der Waals surface area contributed by atoms with Gasteiger partial charge in [-0.05, 0) is 31.4 Å². The third-order valence-corrected chi connectivity index (χ3v) is 3.48. The van der Waals surface area contributed by atoms with Gasteiger partial charge in [0, 0.05) is 19.0 Å². The molecule has 5 nitrogen and oxygen atoms in total. The first-order valence-corrected chi connectivity index (χ1v) is 7.62. The van der Waals surface area contributed by atoms with E-state index in [2.05, 4.69) is 15.4 Å². The standard InChI is InChI=1S/C16H20F2N4O/c1-3-8-22-16(19-10-20-22)11(2)21-15(23)7-5-12-4-6-13(17)9-14(12)18/h4,6,9-11H,3,5,7-8H2,1-2H3,(H,21,23). The van der Waals surface area contributed by atoms with Gasteiger partial charge in [-0.2, -0.15) is 5.10 Å². The fraction of sp³-hybridized carbons (Fsp3) is 0.438. The molecule has 1 heterocycles. The highest BCUT2D eigenvalue weighted by Gasteiger charge is 2.15. The molecule has 0 fully saturated rings. The molecule has 1 aromatic heterocycles. The zero-order valence-electron chi connectivity index (χ0n) is 13.2.